The van der Waals surface area contributed by atoms with Gasteiger partial charge < -0.3 is 19.2 Å². The lowest BCUT2D eigenvalue weighted by Crippen LogP contribution is -2.60. The van der Waals surface area contributed by atoms with Gasteiger partial charge in [-0.25, -0.2) is 0 Å². The highest BCUT2D eigenvalue weighted by Crippen LogP contribution is 2.70. The average Bonchev–Trinajstić information content (AvgIpc) is 3.55. The quantitative estimate of drug-likeness (QED) is 0.562. The molecule has 7 atom stereocenters. The van der Waals surface area contributed by atoms with Gasteiger partial charge in [-0.3, -0.25) is 0 Å². The van der Waals surface area contributed by atoms with Crippen molar-refractivity contribution in [1.82, 2.24) is 4.90 Å². The standard InChI is InChI=1S/C29H43NO3/c1-27-11-7-23(33-18-16-30-14-3-4-15-30)19-22(27)5-6-26-25(27)8-12-28(2)24(9-13-29(26,28)31)21-10-17-32-20-21/h10,17,19-20,23-26,31H,3-9,11-16,18H2,1-2H3/t23?,24?,25-,26-,27+,28-,29-/m1/s1. The molecule has 1 aromatic heterocycles. The summed E-state index contributed by atoms with van der Waals surface area (Å²) in [6.07, 6.45) is 18.2. The van der Waals surface area contributed by atoms with Crippen LogP contribution in [0, 0.1) is 22.7 Å². The number of aliphatic hydroxyl groups is 1. The van der Waals surface area contributed by atoms with E-state index in [2.05, 4.69) is 30.9 Å². The van der Waals surface area contributed by atoms with Crippen LogP contribution in [0.4, 0.5) is 0 Å². The van der Waals surface area contributed by atoms with E-state index in [1.807, 2.05) is 6.26 Å². The van der Waals surface area contributed by atoms with E-state index in [-0.39, 0.29) is 10.8 Å². The molecule has 33 heavy (non-hydrogen) atoms. The van der Waals surface area contributed by atoms with E-state index in [4.69, 9.17) is 9.15 Å². The third-order valence-electron chi connectivity index (χ3n) is 11.1. The fraction of sp³-hybridized carbons (Fsp3) is 0.793. The maximum Gasteiger partial charge on any atom is 0.0937 e. The van der Waals surface area contributed by atoms with Crippen molar-refractivity contribution in [2.45, 2.75) is 95.7 Å². The molecule has 3 saturated carbocycles. The van der Waals surface area contributed by atoms with Crippen LogP contribution in [0.15, 0.2) is 34.7 Å². The third kappa shape index (κ3) is 3.42. The number of ether oxygens (including phenoxy) is 1. The highest BCUT2D eigenvalue weighted by Gasteiger charge is 2.66. The van der Waals surface area contributed by atoms with Crippen molar-refractivity contribution < 1.29 is 14.3 Å². The van der Waals surface area contributed by atoms with Gasteiger partial charge in [-0.05, 0) is 112 Å². The Bertz CT molecular complexity index is 873. The van der Waals surface area contributed by atoms with Crippen molar-refractivity contribution >= 4 is 0 Å². The van der Waals surface area contributed by atoms with Gasteiger partial charge in [0.25, 0.3) is 0 Å². The molecular formula is C29H43NO3. The summed E-state index contributed by atoms with van der Waals surface area (Å²) in [5.41, 5.74) is 2.59. The fourth-order valence-corrected chi connectivity index (χ4v) is 9.14. The van der Waals surface area contributed by atoms with Crippen LogP contribution in [-0.4, -0.2) is 48.0 Å². The van der Waals surface area contributed by atoms with Crippen LogP contribution < -0.4 is 0 Å². The lowest BCUT2D eigenvalue weighted by Gasteiger charge is -2.61. The minimum Gasteiger partial charge on any atom is -0.472 e. The molecule has 0 amide bonds. The van der Waals surface area contributed by atoms with E-state index >= 15 is 0 Å². The zero-order chi connectivity index (χ0) is 22.7. The Morgan fingerprint density at radius 3 is 2.70 bits per heavy atom. The molecule has 4 fully saturated rings. The molecule has 4 aliphatic carbocycles. The number of fused-ring (bicyclic) bond motifs is 5. The maximum atomic E-state index is 12.3. The van der Waals surface area contributed by atoms with E-state index in [1.54, 1.807) is 11.8 Å². The molecule has 4 nitrogen and oxygen atoms in total. The molecule has 182 valence electrons. The molecule has 5 aliphatic rings. The SMILES string of the molecule is C[C@]12CCC(OCCN3CCCC3)C=C1CC[C@@H]1[C@H]2CC[C@]2(C)C(c3ccoc3)CC[C@@]12O. The molecule has 0 radical (unpaired) electrons. The van der Waals surface area contributed by atoms with Gasteiger partial charge in [0.05, 0.1) is 30.8 Å². The molecule has 1 aromatic rings. The summed E-state index contributed by atoms with van der Waals surface area (Å²) in [6, 6.07) is 2.13. The molecule has 1 N–H and O–H groups in total. The van der Waals surface area contributed by atoms with Crippen LogP contribution in [0.2, 0.25) is 0 Å². The topological polar surface area (TPSA) is 45.8 Å². The molecule has 0 bridgehead atoms. The number of rotatable bonds is 5. The second-order valence-electron chi connectivity index (χ2n) is 12.4. The van der Waals surface area contributed by atoms with Crippen molar-refractivity contribution in [3.63, 3.8) is 0 Å². The van der Waals surface area contributed by atoms with Crippen molar-refractivity contribution in [1.29, 1.82) is 0 Å². The van der Waals surface area contributed by atoms with Crippen LogP contribution in [0.5, 0.6) is 0 Å². The first-order valence-corrected chi connectivity index (χ1v) is 13.7. The van der Waals surface area contributed by atoms with Crippen LogP contribution in [0.3, 0.4) is 0 Å². The molecule has 1 saturated heterocycles. The number of hydrogen-bond acceptors (Lipinski definition) is 4. The van der Waals surface area contributed by atoms with Gasteiger partial charge in [0.2, 0.25) is 0 Å². The Kier molecular flexibility index (Phi) is 5.59. The van der Waals surface area contributed by atoms with Gasteiger partial charge in [0, 0.05) is 12.0 Å². The molecule has 0 aromatic carbocycles. The Labute approximate surface area is 199 Å². The molecule has 6 rings (SSSR count). The summed E-state index contributed by atoms with van der Waals surface area (Å²) in [5, 5.41) is 12.3. The molecule has 4 heteroatoms. The van der Waals surface area contributed by atoms with Crippen molar-refractivity contribution in [2.75, 3.05) is 26.2 Å². The summed E-state index contributed by atoms with van der Waals surface area (Å²) >= 11 is 0. The third-order valence-corrected chi connectivity index (χ3v) is 11.1. The normalized spacial score (nSPS) is 45.4. The zero-order valence-electron chi connectivity index (χ0n) is 20.7. The number of nitrogens with zero attached hydrogens (tertiary/aromatic N) is 1. The summed E-state index contributed by atoms with van der Waals surface area (Å²) in [7, 11) is 0. The summed E-state index contributed by atoms with van der Waals surface area (Å²) in [4.78, 5) is 2.55. The first-order valence-electron chi connectivity index (χ1n) is 13.7. The van der Waals surface area contributed by atoms with Crippen LogP contribution in [0.25, 0.3) is 0 Å². The second kappa shape index (κ2) is 8.24. The smallest absolute Gasteiger partial charge is 0.0937 e. The van der Waals surface area contributed by atoms with E-state index in [0.29, 0.717) is 23.9 Å². The highest BCUT2D eigenvalue weighted by molar-refractivity contribution is 5.31. The minimum absolute atomic E-state index is 0.0362. The number of furan rings is 1. The number of allylic oxidation sites excluding steroid dienone is 1. The Morgan fingerprint density at radius 2 is 1.91 bits per heavy atom. The Balaban J connectivity index is 1.18. The van der Waals surface area contributed by atoms with Crippen molar-refractivity contribution in [3.05, 3.63) is 35.8 Å². The molecule has 2 unspecified atom stereocenters. The van der Waals surface area contributed by atoms with Gasteiger partial charge in [0.1, 0.15) is 0 Å². The van der Waals surface area contributed by atoms with Crippen molar-refractivity contribution in [2.24, 2.45) is 22.7 Å². The first-order chi connectivity index (χ1) is 15.9. The van der Waals surface area contributed by atoms with E-state index < -0.39 is 5.60 Å². The van der Waals surface area contributed by atoms with Crippen LogP contribution in [0.1, 0.15) is 89.5 Å². The Morgan fingerprint density at radius 1 is 1.06 bits per heavy atom. The van der Waals surface area contributed by atoms with E-state index in [9.17, 15) is 5.11 Å². The van der Waals surface area contributed by atoms with Gasteiger partial charge in [-0.15, -0.1) is 0 Å². The predicted molar refractivity (Wildman–Crippen MR) is 130 cm³/mol. The van der Waals surface area contributed by atoms with Crippen LogP contribution in [-0.2, 0) is 4.74 Å². The highest BCUT2D eigenvalue weighted by atomic mass is 16.5. The molecule has 0 spiro atoms. The number of likely N-dealkylation sites (tertiary alicyclic amines) is 1. The van der Waals surface area contributed by atoms with Gasteiger partial charge in [-0.1, -0.05) is 25.5 Å². The monoisotopic (exact) mass is 453 g/mol. The lowest BCUT2D eigenvalue weighted by atomic mass is 9.45. The van der Waals surface area contributed by atoms with Gasteiger partial charge in [0.15, 0.2) is 0 Å². The largest absolute Gasteiger partial charge is 0.472 e. The second-order valence-corrected chi connectivity index (χ2v) is 12.4. The predicted octanol–water partition coefficient (Wildman–Crippen LogP) is 5.92. The average molecular weight is 454 g/mol. The molecule has 2 heterocycles. The molecular weight excluding hydrogens is 410 g/mol. The van der Waals surface area contributed by atoms with E-state index in [1.165, 1.54) is 44.3 Å². The maximum absolute atomic E-state index is 12.3. The fourth-order valence-electron chi connectivity index (χ4n) is 9.14. The minimum atomic E-state index is -0.546. The zero-order valence-corrected chi connectivity index (χ0v) is 20.7. The van der Waals surface area contributed by atoms with Crippen molar-refractivity contribution in [3.8, 4) is 0 Å². The van der Waals surface area contributed by atoms with Gasteiger partial charge >= 0.3 is 0 Å². The van der Waals surface area contributed by atoms with Crippen LogP contribution >= 0.6 is 0 Å². The Hall–Kier alpha value is -1.10. The lowest BCUT2D eigenvalue weighted by molar-refractivity contribution is -0.178. The van der Waals surface area contributed by atoms with E-state index in [0.717, 1.165) is 51.7 Å². The first kappa shape index (κ1) is 22.4. The summed E-state index contributed by atoms with van der Waals surface area (Å²) in [6.45, 7) is 9.35. The molecule has 1 aliphatic heterocycles. The summed E-state index contributed by atoms with van der Waals surface area (Å²) in [5.74, 6) is 1.44. The number of hydrogen-bond donors (Lipinski definition) is 1. The van der Waals surface area contributed by atoms with Gasteiger partial charge in [-0.2, -0.15) is 0 Å². The summed E-state index contributed by atoms with van der Waals surface area (Å²) < 4.78 is 11.8.